The van der Waals surface area contributed by atoms with E-state index in [-0.39, 0.29) is 0 Å². The van der Waals surface area contributed by atoms with Crippen molar-refractivity contribution in [1.82, 2.24) is 15.0 Å². The Bertz CT molecular complexity index is 1050. The number of hydrogen-bond acceptors (Lipinski definition) is 5. The summed E-state index contributed by atoms with van der Waals surface area (Å²) < 4.78 is 10.9. The molecular weight excluding hydrogens is 364 g/mol. The van der Waals surface area contributed by atoms with Crippen LogP contribution < -0.4 is 14.8 Å². The number of H-pyrrole nitrogens is 1. The van der Waals surface area contributed by atoms with Gasteiger partial charge in [0.1, 0.15) is 23.1 Å². The van der Waals surface area contributed by atoms with E-state index < -0.39 is 0 Å². The summed E-state index contributed by atoms with van der Waals surface area (Å²) in [5, 5.41) is 3.70. The van der Waals surface area contributed by atoms with Gasteiger partial charge in [-0.25, -0.2) is 4.98 Å². The number of benzene rings is 2. The Morgan fingerprint density at radius 1 is 1.04 bits per heavy atom. The van der Waals surface area contributed by atoms with E-state index in [2.05, 4.69) is 20.3 Å². The number of imidazole rings is 1. The molecule has 6 nitrogen and oxygen atoms in total. The number of aromatic nitrogens is 3. The molecule has 0 fully saturated rings. The van der Waals surface area contributed by atoms with Crippen molar-refractivity contribution in [3.05, 3.63) is 71.5 Å². The number of fused-ring (bicyclic) bond motifs is 1. The number of aromatic amines is 1. The molecule has 4 aromatic rings. The fourth-order valence-corrected chi connectivity index (χ4v) is 2.85. The number of pyridine rings is 1. The number of nitrogens with one attached hydrogen (secondary N) is 2. The molecule has 2 aromatic heterocycles. The molecule has 2 N–H and O–H groups in total. The zero-order valence-corrected chi connectivity index (χ0v) is 15.3. The highest BCUT2D eigenvalue weighted by Gasteiger charge is 2.07. The monoisotopic (exact) mass is 380 g/mol. The van der Waals surface area contributed by atoms with Gasteiger partial charge in [-0.1, -0.05) is 29.8 Å². The lowest BCUT2D eigenvalue weighted by atomic mass is 10.3. The fraction of sp³-hybridized carbons (Fsp3) is 0.100. The van der Waals surface area contributed by atoms with E-state index in [9.17, 15) is 0 Å². The second kappa shape index (κ2) is 7.55. The van der Waals surface area contributed by atoms with Crippen molar-refractivity contribution in [2.45, 2.75) is 6.54 Å². The van der Waals surface area contributed by atoms with E-state index in [1.54, 1.807) is 31.4 Å². The van der Waals surface area contributed by atoms with Gasteiger partial charge in [0.15, 0.2) is 0 Å². The van der Waals surface area contributed by atoms with Crippen LogP contribution in [-0.4, -0.2) is 22.1 Å². The minimum absolute atomic E-state index is 0.441. The molecule has 0 unspecified atom stereocenters. The highest BCUT2D eigenvalue weighted by atomic mass is 35.5. The molecule has 0 saturated heterocycles. The maximum atomic E-state index is 6.22. The minimum atomic E-state index is 0.441. The highest BCUT2D eigenvalue weighted by Crippen LogP contribution is 2.32. The second-order valence-corrected chi connectivity index (χ2v) is 6.22. The van der Waals surface area contributed by atoms with Crippen LogP contribution >= 0.6 is 11.6 Å². The summed E-state index contributed by atoms with van der Waals surface area (Å²) in [6.07, 6.45) is 0. The van der Waals surface area contributed by atoms with Gasteiger partial charge >= 0.3 is 0 Å². The first-order valence-corrected chi connectivity index (χ1v) is 8.75. The van der Waals surface area contributed by atoms with Crippen molar-refractivity contribution in [2.24, 2.45) is 0 Å². The van der Waals surface area contributed by atoms with Gasteiger partial charge in [-0.15, -0.1) is 0 Å². The summed E-state index contributed by atoms with van der Waals surface area (Å²) in [6.45, 7) is 0.522. The summed E-state index contributed by atoms with van der Waals surface area (Å²) in [4.78, 5) is 12.3. The zero-order valence-electron chi connectivity index (χ0n) is 14.6. The minimum Gasteiger partial charge on any atom is -0.497 e. The first kappa shape index (κ1) is 17.2. The number of hydrogen-bond donors (Lipinski definition) is 2. The fourth-order valence-electron chi connectivity index (χ4n) is 2.64. The lowest BCUT2D eigenvalue weighted by molar-refractivity contribution is 0.412. The lowest BCUT2D eigenvalue weighted by Crippen LogP contribution is -2.03. The van der Waals surface area contributed by atoms with Gasteiger partial charge in [-0.2, -0.15) is 4.98 Å². The van der Waals surface area contributed by atoms with Gasteiger partial charge in [0.2, 0.25) is 5.88 Å². The number of rotatable bonds is 6. The van der Waals surface area contributed by atoms with Crippen molar-refractivity contribution < 1.29 is 9.47 Å². The third kappa shape index (κ3) is 3.96. The Balaban J connectivity index is 1.45. The molecule has 0 saturated carbocycles. The summed E-state index contributed by atoms with van der Waals surface area (Å²) >= 11 is 6.22. The van der Waals surface area contributed by atoms with E-state index in [4.69, 9.17) is 21.1 Å². The molecule has 0 bridgehead atoms. The van der Waals surface area contributed by atoms with Gasteiger partial charge in [-0.05, 0) is 30.3 Å². The molecule has 0 atom stereocenters. The molecule has 0 radical (unpaired) electrons. The van der Waals surface area contributed by atoms with Crippen molar-refractivity contribution in [3.63, 3.8) is 0 Å². The number of para-hydroxylation sites is 2. The Morgan fingerprint density at radius 3 is 2.74 bits per heavy atom. The Morgan fingerprint density at radius 2 is 1.93 bits per heavy atom. The van der Waals surface area contributed by atoms with Crippen LogP contribution in [0.3, 0.4) is 0 Å². The quantitative estimate of drug-likeness (QED) is 0.491. The predicted molar refractivity (Wildman–Crippen MR) is 106 cm³/mol. The first-order valence-electron chi connectivity index (χ1n) is 8.37. The van der Waals surface area contributed by atoms with Crippen molar-refractivity contribution in [3.8, 4) is 17.4 Å². The SMILES string of the molecule is COc1ccc(Oc2cccc(NCc3nc4ccccc4[nH]3)n2)c(Cl)c1. The van der Waals surface area contributed by atoms with Gasteiger partial charge in [0.25, 0.3) is 0 Å². The summed E-state index contributed by atoms with van der Waals surface area (Å²) in [5.74, 6) is 3.14. The van der Waals surface area contributed by atoms with Crippen molar-refractivity contribution in [1.29, 1.82) is 0 Å². The molecule has 27 heavy (non-hydrogen) atoms. The molecule has 0 aliphatic heterocycles. The molecule has 0 aliphatic rings. The van der Waals surface area contributed by atoms with Crippen LogP contribution in [0.1, 0.15) is 5.82 Å². The largest absolute Gasteiger partial charge is 0.497 e. The van der Waals surface area contributed by atoms with Gasteiger partial charge in [0.05, 0.1) is 29.7 Å². The van der Waals surface area contributed by atoms with E-state index in [0.29, 0.717) is 34.8 Å². The standard InChI is InChI=1S/C20H17ClN4O2/c1-26-13-9-10-17(14(21)11-13)27-20-8-4-7-18(25-20)22-12-19-23-15-5-2-3-6-16(15)24-19/h2-11H,12H2,1H3,(H,22,25)(H,23,24). The maximum absolute atomic E-state index is 6.22. The molecule has 2 aromatic carbocycles. The third-order valence-electron chi connectivity index (χ3n) is 3.95. The average molecular weight is 381 g/mol. The van der Waals surface area contributed by atoms with Crippen LogP contribution in [0.25, 0.3) is 11.0 Å². The summed E-state index contributed by atoms with van der Waals surface area (Å²) in [5.41, 5.74) is 1.95. The van der Waals surface area contributed by atoms with E-state index in [0.717, 1.165) is 16.9 Å². The molecule has 0 amide bonds. The highest BCUT2D eigenvalue weighted by molar-refractivity contribution is 6.32. The molecule has 0 spiro atoms. The van der Waals surface area contributed by atoms with E-state index in [1.165, 1.54) is 0 Å². The molecule has 7 heteroatoms. The molecule has 2 heterocycles. The Hall–Kier alpha value is -3.25. The van der Waals surface area contributed by atoms with Crippen LogP contribution in [0.4, 0.5) is 5.82 Å². The van der Waals surface area contributed by atoms with Crippen LogP contribution in [0.2, 0.25) is 5.02 Å². The first-order chi connectivity index (χ1) is 13.2. The molecule has 0 aliphatic carbocycles. The number of nitrogens with zero attached hydrogens (tertiary/aromatic N) is 2. The lowest BCUT2D eigenvalue weighted by Gasteiger charge is -2.10. The van der Waals surface area contributed by atoms with Crippen LogP contribution in [0.5, 0.6) is 17.4 Å². The number of ether oxygens (including phenoxy) is 2. The summed E-state index contributed by atoms with van der Waals surface area (Å²) in [6, 6.07) is 18.6. The Labute approximate surface area is 161 Å². The number of anilines is 1. The zero-order chi connectivity index (χ0) is 18.6. The topological polar surface area (TPSA) is 72.1 Å². The predicted octanol–water partition coefficient (Wildman–Crippen LogP) is 5.02. The number of methoxy groups -OCH3 is 1. The van der Waals surface area contributed by atoms with Crippen LogP contribution in [0, 0.1) is 0 Å². The van der Waals surface area contributed by atoms with Gasteiger partial charge < -0.3 is 19.8 Å². The maximum Gasteiger partial charge on any atom is 0.221 e. The van der Waals surface area contributed by atoms with Crippen molar-refractivity contribution in [2.75, 3.05) is 12.4 Å². The smallest absolute Gasteiger partial charge is 0.221 e. The molecular formula is C20H17ClN4O2. The molecule has 136 valence electrons. The third-order valence-corrected chi connectivity index (χ3v) is 4.25. The van der Waals surface area contributed by atoms with Crippen LogP contribution in [0.15, 0.2) is 60.7 Å². The van der Waals surface area contributed by atoms with E-state index in [1.807, 2.05) is 36.4 Å². The average Bonchev–Trinajstić information content (AvgIpc) is 3.11. The second-order valence-electron chi connectivity index (χ2n) is 5.81. The number of halogens is 1. The van der Waals surface area contributed by atoms with Gasteiger partial charge in [0, 0.05) is 12.1 Å². The van der Waals surface area contributed by atoms with Crippen molar-refractivity contribution >= 4 is 28.5 Å². The summed E-state index contributed by atoms with van der Waals surface area (Å²) in [7, 11) is 1.59. The Kier molecular flexibility index (Phi) is 4.80. The van der Waals surface area contributed by atoms with Crippen LogP contribution in [-0.2, 0) is 6.54 Å². The normalized spacial score (nSPS) is 10.7. The van der Waals surface area contributed by atoms with E-state index >= 15 is 0 Å². The van der Waals surface area contributed by atoms with Gasteiger partial charge in [-0.3, -0.25) is 0 Å². The molecule has 4 rings (SSSR count).